The molecule has 0 atom stereocenters. The van der Waals surface area contributed by atoms with Gasteiger partial charge in [0, 0.05) is 32.4 Å². The summed E-state index contributed by atoms with van der Waals surface area (Å²) >= 11 is 0. The van der Waals surface area contributed by atoms with Gasteiger partial charge in [-0.3, -0.25) is 4.68 Å². The van der Waals surface area contributed by atoms with Crippen molar-refractivity contribution in [2.24, 2.45) is 5.41 Å². The van der Waals surface area contributed by atoms with Crippen LogP contribution in [0.25, 0.3) is 0 Å². The van der Waals surface area contributed by atoms with E-state index in [-0.39, 0.29) is 0 Å². The Bertz CT molecular complexity index is 410. The average Bonchev–Trinajstić information content (AvgIpc) is 2.82. The summed E-state index contributed by atoms with van der Waals surface area (Å²) in [4.78, 5) is 0. The second-order valence-electron chi connectivity index (χ2n) is 6.00. The number of nitrogens with one attached hydrogen (secondary N) is 1. The van der Waals surface area contributed by atoms with Crippen molar-refractivity contribution in [1.82, 2.24) is 15.1 Å². The second-order valence-corrected chi connectivity index (χ2v) is 6.00. The summed E-state index contributed by atoms with van der Waals surface area (Å²) < 4.78 is 7.29. The lowest BCUT2D eigenvalue weighted by atomic mass is 9.66. The van der Waals surface area contributed by atoms with E-state index in [1.54, 1.807) is 7.11 Å². The molecule has 1 aliphatic rings. The number of rotatable bonds is 9. The molecule has 0 bridgehead atoms. The highest BCUT2D eigenvalue weighted by molar-refractivity contribution is 5.14. The lowest BCUT2D eigenvalue weighted by Gasteiger charge is -2.42. The summed E-state index contributed by atoms with van der Waals surface area (Å²) in [6.45, 7) is 8.18. The Kier molecular flexibility index (Phi) is 5.61. The summed E-state index contributed by atoms with van der Waals surface area (Å²) in [7, 11) is 1.76. The summed E-state index contributed by atoms with van der Waals surface area (Å²) in [5, 5.41) is 8.23. The lowest BCUT2D eigenvalue weighted by molar-refractivity contribution is 0.120. The number of aromatic nitrogens is 2. The first kappa shape index (κ1) is 15.5. The van der Waals surface area contributed by atoms with E-state index in [0.29, 0.717) is 5.41 Å². The molecule has 1 aliphatic carbocycles. The van der Waals surface area contributed by atoms with E-state index in [4.69, 9.17) is 4.74 Å². The molecule has 1 aromatic heterocycles. The van der Waals surface area contributed by atoms with Gasteiger partial charge in [0.25, 0.3) is 0 Å². The number of hydrogen-bond donors (Lipinski definition) is 1. The number of ether oxygens (including phenoxy) is 1. The van der Waals surface area contributed by atoms with Gasteiger partial charge in [-0.15, -0.1) is 0 Å². The third-order valence-corrected chi connectivity index (χ3v) is 4.53. The molecule has 20 heavy (non-hydrogen) atoms. The standard InChI is InChI=1S/C16H29N3O/c1-4-14-11-15(19(5-2)18-14)12-16(7-6-8-16)13-17-9-10-20-3/h11,17H,4-10,12-13H2,1-3H3. The zero-order valence-electron chi connectivity index (χ0n) is 13.2. The maximum Gasteiger partial charge on any atom is 0.0624 e. The van der Waals surface area contributed by atoms with Crippen LogP contribution in [0.3, 0.4) is 0 Å². The molecule has 1 N–H and O–H groups in total. The largest absolute Gasteiger partial charge is 0.383 e. The van der Waals surface area contributed by atoms with Crippen molar-refractivity contribution in [3.8, 4) is 0 Å². The monoisotopic (exact) mass is 279 g/mol. The van der Waals surface area contributed by atoms with Gasteiger partial charge in [-0.2, -0.15) is 5.10 Å². The van der Waals surface area contributed by atoms with Gasteiger partial charge in [0.2, 0.25) is 0 Å². The molecule has 4 heteroatoms. The molecule has 0 aromatic carbocycles. The Morgan fingerprint density at radius 3 is 2.75 bits per heavy atom. The quantitative estimate of drug-likeness (QED) is 0.706. The van der Waals surface area contributed by atoms with E-state index in [9.17, 15) is 0 Å². The Morgan fingerprint density at radius 1 is 1.40 bits per heavy atom. The second kappa shape index (κ2) is 7.23. The molecule has 0 spiro atoms. The van der Waals surface area contributed by atoms with Crippen molar-refractivity contribution in [2.45, 2.75) is 52.5 Å². The highest BCUT2D eigenvalue weighted by Gasteiger charge is 2.37. The summed E-state index contributed by atoms with van der Waals surface area (Å²) in [6.07, 6.45) is 6.23. The van der Waals surface area contributed by atoms with Crippen molar-refractivity contribution in [2.75, 3.05) is 26.8 Å². The molecule has 1 saturated carbocycles. The molecule has 1 fully saturated rings. The highest BCUT2D eigenvalue weighted by atomic mass is 16.5. The van der Waals surface area contributed by atoms with Crippen LogP contribution in [0.1, 0.15) is 44.5 Å². The first-order chi connectivity index (χ1) is 9.73. The number of methoxy groups -OCH3 is 1. The predicted molar refractivity (Wildman–Crippen MR) is 82.0 cm³/mol. The van der Waals surface area contributed by atoms with Crippen LogP contribution >= 0.6 is 0 Å². The van der Waals surface area contributed by atoms with Crippen LogP contribution in [0, 0.1) is 5.41 Å². The molecule has 4 nitrogen and oxygen atoms in total. The smallest absolute Gasteiger partial charge is 0.0624 e. The van der Waals surface area contributed by atoms with Crippen LogP contribution in [0.2, 0.25) is 0 Å². The maximum atomic E-state index is 5.10. The van der Waals surface area contributed by atoms with Crippen LogP contribution in [-0.4, -0.2) is 36.6 Å². The minimum atomic E-state index is 0.450. The van der Waals surface area contributed by atoms with E-state index in [1.807, 2.05) is 0 Å². The highest BCUT2D eigenvalue weighted by Crippen LogP contribution is 2.43. The van der Waals surface area contributed by atoms with Gasteiger partial charge >= 0.3 is 0 Å². The zero-order valence-corrected chi connectivity index (χ0v) is 13.2. The van der Waals surface area contributed by atoms with E-state index in [1.165, 1.54) is 30.7 Å². The van der Waals surface area contributed by atoms with E-state index >= 15 is 0 Å². The minimum absolute atomic E-state index is 0.450. The van der Waals surface area contributed by atoms with E-state index < -0.39 is 0 Å². The van der Waals surface area contributed by atoms with Gasteiger partial charge in [-0.1, -0.05) is 13.3 Å². The normalized spacial score (nSPS) is 17.1. The van der Waals surface area contributed by atoms with Gasteiger partial charge in [0.1, 0.15) is 0 Å². The molecule has 0 aliphatic heterocycles. The van der Waals surface area contributed by atoms with Crippen LogP contribution in [0.5, 0.6) is 0 Å². The molecule has 0 unspecified atom stereocenters. The van der Waals surface area contributed by atoms with E-state index in [0.717, 1.165) is 39.1 Å². The van der Waals surface area contributed by atoms with Gasteiger partial charge in [-0.25, -0.2) is 0 Å². The molecule has 0 saturated heterocycles. The van der Waals surface area contributed by atoms with Crippen LogP contribution in [0.15, 0.2) is 6.07 Å². The van der Waals surface area contributed by atoms with Crippen molar-refractivity contribution >= 4 is 0 Å². The molecule has 2 rings (SSSR count). The fraction of sp³-hybridized carbons (Fsp3) is 0.812. The van der Waals surface area contributed by atoms with Gasteiger partial charge in [-0.05, 0) is 44.1 Å². The van der Waals surface area contributed by atoms with E-state index in [2.05, 4.69) is 35.0 Å². The fourth-order valence-corrected chi connectivity index (χ4v) is 3.11. The minimum Gasteiger partial charge on any atom is -0.383 e. The Labute approximate surface area is 122 Å². The SMILES string of the molecule is CCc1cc(CC2(CNCCOC)CCC2)n(CC)n1. The van der Waals surface area contributed by atoms with Crippen molar-refractivity contribution in [1.29, 1.82) is 0 Å². The first-order valence-corrected chi connectivity index (χ1v) is 7.98. The molecule has 1 heterocycles. The van der Waals surface area contributed by atoms with Crippen LogP contribution in [-0.2, 0) is 24.1 Å². The maximum absolute atomic E-state index is 5.10. The summed E-state index contributed by atoms with van der Waals surface area (Å²) in [6, 6.07) is 2.30. The first-order valence-electron chi connectivity index (χ1n) is 7.98. The molecule has 0 amide bonds. The number of aryl methyl sites for hydroxylation is 2. The third-order valence-electron chi connectivity index (χ3n) is 4.53. The molecule has 0 radical (unpaired) electrons. The molecule has 1 aromatic rings. The van der Waals surface area contributed by atoms with Gasteiger partial charge in [0.15, 0.2) is 0 Å². The van der Waals surface area contributed by atoms with Gasteiger partial charge in [0.05, 0.1) is 12.3 Å². The average molecular weight is 279 g/mol. The third kappa shape index (κ3) is 3.61. The number of hydrogen-bond acceptors (Lipinski definition) is 3. The van der Waals surface area contributed by atoms with Gasteiger partial charge < -0.3 is 10.1 Å². The topological polar surface area (TPSA) is 39.1 Å². The molecular weight excluding hydrogens is 250 g/mol. The molecular formula is C16H29N3O. The van der Waals surface area contributed by atoms with Crippen LogP contribution in [0.4, 0.5) is 0 Å². The fourth-order valence-electron chi connectivity index (χ4n) is 3.11. The summed E-state index contributed by atoms with van der Waals surface area (Å²) in [5.74, 6) is 0. The Morgan fingerprint density at radius 2 is 2.20 bits per heavy atom. The predicted octanol–water partition coefficient (Wildman–Crippen LogP) is 2.41. The molecule has 114 valence electrons. The van der Waals surface area contributed by atoms with Crippen molar-refractivity contribution in [3.63, 3.8) is 0 Å². The lowest BCUT2D eigenvalue weighted by Crippen LogP contribution is -2.42. The zero-order chi connectivity index (χ0) is 14.4. The van der Waals surface area contributed by atoms with Crippen LogP contribution < -0.4 is 5.32 Å². The van der Waals surface area contributed by atoms with Crippen molar-refractivity contribution in [3.05, 3.63) is 17.5 Å². The number of nitrogens with zero attached hydrogens (tertiary/aromatic N) is 2. The Balaban J connectivity index is 1.96. The summed E-state index contributed by atoms with van der Waals surface area (Å²) in [5.41, 5.74) is 3.09. The van der Waals surface area contributed by atoms with Crippen molar-refractivity contribution < 1.29 is 4.74 Å². The Hall–Kier alpha value is -0.870.